The molecule has 2 aromatic carbocycles. The van der Waals surface area contributed by atoms with Gasteiger partial charge in [0.05, 0.1) is 6.54 Å². The van der Waals surface area contributed by atoms with Gasteiger partial charge < -0.3 is 15.5 Å². The molecule has 0 unspecified atom stereocenters. The van der Waals surface area contributed by atoms with E-state index in [1.807, 2.05) is 14.1 Å². The van der Waals surface area contributed by atoms with Gasteiger partial charge in [0.15, 0.2) is 0 Å². The van der Waals surface area contributed by atoms with Gasteiger partial charge in [-0.25, -0.2) is 0 Å². The number of aromatic nitrogens is 3. The summed E-state index contributed by atoms with van der Waals surface area (Å²) in [4.78, 5) is 18.5. The highest BCUT2D eigenvalue weighted by Crippen LogP contribution is 2.48. The van der Waals surface area contributed by atoms with Crippen LogP contribution in [0.5, 0.6) is 0 Å². The first-order valence-corrected chi connectivity index (χ1v) is 13.0. The highest BCUT2D eigenvalue weighted by atomic mass is 15.3. The van der Waals surface area contributed by atoms with E-state index in [0.29, 0.717) is 24.5 Å². The summed E-state index contributed by atoms with van der Waals surface area (Å²) in [5.41, 5.74) is 2.61. The average molecular weight is 488 g/mol. The molecule has 0 amide bonds. The van der Waals surface area contributed by atoms with Crippen LogP contribution >= 0.6 is 0 Å². The van der Waals surface area contributed by atoms with Gasteiger partial charge in [0.1, 0.15) is 5.82 Å². The third-order valence-electron chi connectivity index (χ3n) is 7.99. The fraction of sp³-hybridized carbons (Fsp3) is 0.483. The van der Waals surface area contributed by atoms with E-state index in [2.05, 4.69) is 119 Å². The molecule has 3 aromatic rings. The molecule has 1 aromatic heterocycles. The van der Waals surface area contributed by atoms with Crippen molar-refractivity contribution in [3.05, 3.63) is 77.6 Å². The molecule has 1 heterocycles. The van der Waals surface area contributed by atoms with Crippen molar-refractivity contribution in [3.8, 4) is 0 Å². The van der Waals surface area contributed by atoms with Gasteiger partial charge in [-0.15, -0.1) is 0 Å². The van der Waals surface area contributed by atoms with Gasteiger partial charge >= 0.3 is 0 Å². The summed E-state index contributed by atoms with van der Waals surface area (Å²) >= 11 is 0. The minimum Gasteiger partial charge on any atom is -0.357 e. The Morgan fingerprint density at radius 3 is 1.92 bits per heavy atom. The largest absolute Gasteiger partial charge is 0.357 e. The Labute approximate surface area is 216 Å². The van der Waals surface area contributed by atoms with E-state index in [4.69, 9.17) is 4.98 Å². The van der Waals surface area contributed by atoms with Crippen LogP contribution in [0, 0.1) is 0 Å². The molecule has 7 heteroatoms. The number of hydrogen-bond acceptors (Lipinski definition) is 7. The minimum atomic E-state index is -0.147. The van der Waals surface area contributed by atoms with Gasteiger partial charge in [-0.2, -0.15) is 15.0 Å². The Hall–Kier alpha value is -3.03. The van der Waals surface area contributed by atoms with Crippen molar-refractivity contribution in [2.75, 3.05) is 38.4 Å². The molecule has 0 atom stereocenters. The van der Waals surface area contributed by atoms with Gasteiger partial charge in [-0.1, -0.05) is 60.7 Å². The van der Waals surface area contributed by atoms with Crippen molar-refractivity contribution in [1.82, 2.24) is 25.2 Å². The predicted molar refractivity (Wildman–Crippen MR) is 148 cm³/mol. The number of nitrogens with zero attached hydrogens (tertiary/aromatic N) is 5. The quantitative estimate of drug-likeness (QED) is 0.450. The third kappa shape index (κ3) is 5.22. The molecule has 0 aliphatic heterocycles. The van der Waals surface area contributed by atoms with E-state index in [1.54, 1.807) is 0 Å². The van der Waals surface area contributed by atoms with Crippen LogP contribution in [0.4, 0.5) is 11.9 Å². The van der Waals surface area contributed by atoms with E-state index in [0.717, 1.165) is 31.5 Å². The molecule has 0 bridgehead atoms. The molecular formula is C29H41N7. The summed E-state index contributed by atoms with van der Waals surface area (Å²) < 4.78 is 0. The molecule has 1 aliphatic rings. The van der Waals surface area contributed by atoms with Crippen molar-refractivity contribution < 1.29 is 0 Å². The van der Waals surface area contributed by atoms with Crippen molar-refractivity contribution in [3.63, 3.8) is 0 Å². The molecule has 2 N–H and O–H groups in total. The zero-order chi connectivity index (χ0) is 25.8. The second-order valence-corrected chi connectivity index (χ2v) is 10.4. The van der Waals surface area contributed by atoms with Crippen molar-refractivity contribution in [2.45, 2.75) is 63.2 Å². The van der Waals surface area contributed by atoms with Crippen LogP contribution < -0.4 is 15.5 Å². The molecular weight excluding hydrogens is 446 g/mol. The van der Waals surface area contributed by atoms with Crippen LogP contribution in [0.15, 0.2) is 60.7 Å². The summed E-state index contributed by atoms with van der Waals surface area (Å²) in [7, 11) is 8.30. The first-order chi connectivity index (χ1) is 17.3. The van der Waals surface area contributed by atoms with Crippen molar-refractivity contribution in [2.24, 2.45) is 0 Å². The number of rotatable bonds is 9. The Bertz CT molecular complexity index is 1110. The lowest BCUT2D eigenvalue weighted by atomic mass is 9.66. The molecule has 36 heavy (non-hydrogen) atoms. The number of benzene rings is 2. The normalized spacial score (nSPS) is 22.1. The van der Waals surface area contributed by atoms with Crippen molar-refractivity contribution >= 4 is 11.9 Å². The zero-order valence-electron chi connectivity index (χ0n) is 22.6. The van der Waals surface area contributed by atoms with Crippen LogP contribution in [0.1, 0.15) is 56.5 Å². The summed E-state index contributed by atoms with van der Waals surface area (Å²) in [5, 5.41) is 7.02. The second kappa shape index (κ2) is 10.9. The smallest absolute Gasteiger partial charge is 0.230 e. The highest BCUT2D eigenvalue weighted by Gasteiger charge is 2.45. The summed E-state index contributed by atoms with van der Waals surface area (Å²) in [6, 6.07) is 22.1. The first-order valence-electron chi connectivity index (χ1n) is 13.0. The molecule has 7 nitrogen and oxygen atoms in total. The first kappa shape index (κ1) is 26.0. The molecule has 0 radical (unpaired) electrons. The van der Waals surface area contributed by atoms with Crippen LogP contribution in [0.25, 0.3) is 0 Å². The molecule has 1 aliphatic carbocycles. The third-order valence-corrected chi connectivity index (χ3v) is 7.99. The second-order valence-electron chi connectivity index (χ2n) is 10.4. The maximum atomic E-state index is 4.81. The molecule has 4 rings (SSSR count). The monoisotopic (exact) mass is 487 g/mol. The van der Waals surface area contributed by atoms with Crippen LogP contribution in [-0.2, 0) is 17.6 Å². The van der Waals surface area contributed by atoms with E-state index in [9.17, 15) is 0 Å². The molecule has 1 fully saturated rings. The lowest BCUT2D eigenvalue weighted by molar-refractivity contribution is 0.0521. The zero-order valence-corrected chi connectivity index (χ0v) is 22.6. The van der Waals surface area contributed by atoms with E-state index < -0.39 is 0 Å². The van der Waals surface area contributed by atoms with Gasteiger partial charge in [-0.05, 0) is 64.8 Å². The molecule has 0 spiro atoms. The van der Waals surface area contributed by atoms with Crippen LogP contribution in [0.3, 0.4) is 0 Å². The van der Waals surface area contributed by atoms with Gasteiger partial charge in [0.25, 0.3) is 0 Å². The van der Waals surface area contributed by atoms with Crippen molar-refractivity contribution in [1.29, 1.82) is 0 Å². The highest BCUT2D eigenvalue weighted by molar-refractivity contribution is 5.37. The number of hydrogen-bond donors (Lipinski definition) is 2. The molecule has 1 saturated carbocycles. The Morgan fingerprint density at radius 2 is 1.39 bits per heavy atom. The fourth-order valence-electron chi connectivity index (χ4n) is 5.39. The average Bonchev–Trinajstić information content (AvgIpc) is 2.92. The Morgan fingerprint density at radius 1 is 0.806 bits per heavy atom. The molecule has 192 valence electrons. The minimum absolute atomic E-state index is 0.0286. The Balaban J connectivity index is 1.63. The maximum absolute atomic E-state index is 4.81. The maximum Gasteiger partial charge on any atom is 0.230 e. The Kier molecular flexibility index (Phi) is 7.91. The van der Waals surface area contributed by atoms with Crippen LogP contribution in [0.2, 0.25) is 0 Å². The standard InChI is InChI=1S/C29H41N7/c1-22(2)36(6)27-33-25(32-26(30-3)34-27)21-31-28(23-13-9-7-10-14-23)17-19-29(20-18-28,35(4)5)24-15-11-8-12-16-24/h7-16,22,31H,17-21H2,1-6H3,(H,30,32,33,34). The number of nitrogens with one attached hydrogen (secondary N) is 2. The fourth-order valence-corrected chi connectivity index (χ4v) is 5.39. The lowest BCUT2D eigenvalue weighted by Crippen LogP contribution is -2.52. The summed E-state index contributed by atoms with van der Waals surface area (Å²) in [5.74, 6) is 2.03. The van der Waals surface area contributed by atoms with E-state index in [1.165, 1.54) is 11.1 Å². The summed E-state index contributed by atoms with van der Waals surface area (Å²) in [6.45, 7) is 4.85. The lowest BCUT2D eigenvalue weighted by Gasteiger charge is -2.50. The predicted octanol–water partition coefficient (Wildman–Crippen LogP) is 4.77. The van der Waals surface area contributed by atoms with E-state index in [-0.39, 0.29) is 11.1 Å². The van der Waals surface area contributed by atoms with Gasteiger partial charge in [0, 0.05) is 31.2 Å². The van der Waals surface area contributed by atoms with Gasteiger partial charge in [0.2, 0.25) is 11.9 Å². The number of anilines is 2. The molecule has 0 saturated heterocycles. The summed E-state index contributed by atoms with van der Waals surface area (Å²) in [6.07, 6.45) is 4.16. The van der Waals surface area contributed by atoms with Gasteiger partial charge in [-0.3, -0.25) is 4.90 Å². The topological polar surface area (TPSA) is 69.2 Å². The van der Waals surface area contributed by atoms with E-state index >= 15 is 0 Å². The SMILES string of the molecule is CNc1nc(CNC2(c3ccccc3)CCC(c3ccccc3)(N(C)C)CC2)nc(N(C)C(C)C)n1. The van der Waals surface area contributed by atoms with Crippen LogP contribution in [-0.4, -0.2) is 54.1 Å².